The molecule has 2 aromatic rings. The Bertz CT molecular complexity index is 797. The molecule has 0 bridgehead atoms. The van der Waals surface area contributed by atoms with E-state index >= 15 is 0 Å². The van der Waals surface area contributed by atoms with Gasteiger partial charge in [0.25, 0.3) is 5.91 Å². The first-order valence-electron chi connectivity index (χ1n) is 7.48. The molecule has 0 aliphatic rings. The number of carbonyl (C=O) groups excluding carboxylic acids is 1. The molecule has 0 radical (unpaired) electrons. The fourth-order valence-corrected chi connectivity index (χ4v) is 3.34. The molecule has 0 saturated carbocycles. The highest BCUT2D eigenvalue weighted by atomic mass is 31.1. The van der Waals surface area contributed by atoms with Crippen LogP contribution in [0, 0.1) is 0 Å². The smallest absolute Gasteiger partial charge is 0.335 e. The number of carboxylic acids is 1. The van der Waals surface area contributed by atoms with Crippen LogP contribution in [0.5, 0.6) is 0 Å². The third kappa shape index (κ3) is 4.54. The van der Waals surface area contributed by atoms with Crippen LogP contribution in [0.3, 0.4) is 0 Å². The molecule has 7 nitrogen and oxygen atoms in total. The Morgan fingerprint density at radius 1 is 1.12 bits per heavy atom. The SMILES string of the molecule is NC(Cc1ccccc1)(C(=O)Nc1cccc(C(=O)O)c1)[PH](=O)CO. The van der Waals surface area contributed by atoms with Gasteiger partial charge in [-0.2, -0.15) is 0 Å². The largest absolute Gasteiger partial charge is 0.478 e. The van der Waals surface area contributed by atoms with Gasteiger partial charge in [0.05, 0.1) is 11.9 Å². The van der Waals surface area contributed by atoms with E-state index in [0.717, 1.165) is 0 Å². The molecule has 0 aliphatic carbocycles. The number of carbonyl (C=O) groups is 2. The second kappa shape index (κ2) is 8.07. The molecule has 2 atom stereocenters. The second-order valence-electron chi connectivity index (χ2n) is 5.56. The molecule has 2 unspecified atom stereocenters. The van der Waals surface area contributed by atoms with Gasteiger partial charge in [-0.3, -0.25) is 4.79 Å². The van der Waals surface area contributed by atoms with Gasteiger partial charge in [-0.1, -0.05) is 36.4 Å². The standard InChI is InChI=1S/C17H19N2O5P/c18-17(25(24)11-20,10-12-5-2-1-3-6-12)16(23)19-14-8-4-7-13(9-14)15(21)22/h1-9,20,25H,10-11,18H2,(H,19,23)(H,21,22). The number of aliphatic hydroxyl groups is 1. The maximum atomic E-state index is 12.7. The molecule has 0 heterocycles. The molecule has 0 saturated heterocycles. The van der Waals surface area contributed by atoms with Crippen molar-refractivity contribution in [3.63, 3.8) is 0 Å². The summed E-state index contributed by atoms with van der Waals surface area (Å²) in [5.74, 6) is -1.87. The first-order chi connectivity index (χ1) is 11.9. The van der Waals surface area contributed by atoms with E-state index in [9.17, 15) is 19.3 Å². The van der Waals surface area contributed by atoms with Gasteiger partial charge in [-0.25, -0.2) is 4.79 Å². The van der Waals surface area contributed by atoms with Crippen molar-refractivity contribution in [2.24, 2.45) is 5.73 Å². The Hall–Kier alpha value is -2.47. The van der Waals surface area contributed by atoms with E-state index in [0.29, 0.717) is 5.56 Å². The van der Waals surface area contributed by atoms with Crippen molar-refractivity contribution < 1.29 is 24.4 Å². The summed E-state index contributed by atoms with van der Waals surface area (Å²) in [5.41, 5.74) is 7.04. The van der Waals surface area contributed by atoms with E-state index in [1.807, 2.05) is 0 Å². The van der Waals surface area contributed by atoms with Gasteiger partial charge in [0.15, 0.2) is 5.28 Å². The minimum absolute atomic E-state index is 0.00158. The van der Waals surface area contributed by atoms with Gasteiger partial charge in [0.2, 0.25) is 0 Å². The Morgan fingerprint density at radius 3 is 2.40 bits per heavy atom. The maximum absolute atomic E-state index is 12.7. The van der Waals surface area contributed by atoms with E-state index < -0.39 is 31.3 Å². The number of nitrogens with one attached hydrogen (secondary N) is 1. The highest BCUT2D eigenvalue weighted by Gasteiger charge is 2.40. The van der Waals surface area contributed by atoms with E-state index in [1.54, 1.807) is 30.3 Å². The first-order valence-corrected chi connectivity index (χ1v) is 9.10. The van der Waals surface area contributed by atoms with Crippen molar-refractivity contribution in [1.29, 1.82) is 0 Å². The van der Waals surface area contributed by atoms with Crippen molar-refractivity contribution in [3.8, 4) is 0 Å². The number of hydrogen-bond acceptors (Lipinski definition) is 5. The second-order valence-corrected chi connectivity index (χ2v) is 7.61. The van der Waals surface area contributed by atoms with Crippen molar-refractivity contribution in [2.45, 2.75) is 11.7 Å². The van der Waals surface area contributed by atoms with Crippen molar-refractivity contribution in [1.82, 2.24) is 0 Å². The number of benzene rings is 2. The molecule has 25 heavy (non-hydrogen) atoms. The van der Waals surface area contributed by atoms with Crippen LogP contribution >= 0.6 is 7.80 Å². The van der Waals surface area contributed by atoms with Crippen molar-refractivity contribution in [2.75, 3.05) is 11.7 Å². The molecule has 0 aliphatic heterocycles. The minimum atomic E-state index is -2.85. The van der Waals surface area contributed by atoms with Crippen molar-refractivity contribution in [3.05, 3.63) is 65.7 Å². The monoisotopic (exact) mass is 362 g/mol. The topological polar surface area (TPSA) is 130 Å². The van der Waals surface area contributed by atoms with E-state index in [-0.39, 0.29) is 17.7 Å². The lowest BCUT2D eigenvalue weighted by Gasteiger charge is -2.27. The van der Waals surface area contributed by atoms with Gasteiger partial charge in [0, 0.05) is 12.1 Å². The van der Waals surface area contributed by atoms with Crippen molar-refractivity contribution >= 4 is 25.4 Å². The zero-order chi connectivity index (χ0) is 18.4. The Balaban J connectivity index is 2.28. The highest BCUT2D eigenvalue weighted by molar-refractivity contribution is 7.47. The number of hydrogen-bond donors (Lipinski definition) is 4. The number of anilines is 1. The minimum Gasteiger partial charge on any atom is -0.478 e. The molecule has 0 aromatic heterocycles. The van der Waals surface area contributed by atoms with Gasteiger partial charge in [-0.15, -0.1) is 0 Å². The molecule has 2 aromatic carbocycles. The number of aliphatic hydroxyl groups excluding tert-OH is 1. The van der Waals surface area contributed by atoms with Gasteiger partial charge >= 0.3 is 5.97 Å². The number of amides is 1. The summed E-state index contributed by atoms with van der Waals surface area (Å²) in [4.78, 5) is 23.7. The zero-order valence-electron chi connectivity index (χ0n) is 13.3. The first kappa shape index (κ1) is 18.9. The van der Waals surface area contributed by atoms with Gasteiger partial charge in [0.1, 0.15) is 7.80 Å². The van der Waals surface area contributed by atoms with Crippen LogP contribution in [-0.4, -0.2) is 33.7 Å². The third-order valence-electron chi connectivity index (χ3n) is 3.74. The lowest BCUT2D eigenvalue weighted by Crippen LogP contribution is -2.50. The summed E-state index contributed by atoms with van der Waals surface area (Å²) >= 11 is 0. The molecule has 0 fully saturated rings. The molecule has 8 heteroatoms. The molecule has 0 spiro atoms. The lowest BCUT2D eigenvalue weighted by molar-refractivity contribution is -0.118. The summed E-state index contributed by atoms with van der Waals surface area (Å²) in [7, 11) is -2.85. The zero-order valence-corrected chi connectivity index (χ0v) is 14.3. The van der Waals surface area contributed by atoms with Crippen LogP contribution in [0.2, 0.25) is 0 Å². The lowest BCUT2D eigenvalue weighted by atomic mass is 10.1. The third-order valence-corrected chi connectivity index (χ3v) is 5.43. The van der Waals surface area contributed by atoms with Gasteiger partial charge < -0.3 is 25.8 Å². The average Bonchev–Trinajstić information content (AvgIpc) is 2.61. The molecular formula is C17H19N2O5P. The highest BCUT2D eigenvalue weighted by Crippen LogP contribution is 2.37. The van der Waals surface area contributed by atoms with Crippen LogP contribution in [0.4, 0.5) is 5.69 Å². The maximum Gasteiger partial charge on any atom is 0.335 e. The fourth-order valence-electron chi connectivity index (χ4n) is 2.34. The summed E-state index contributed by atoms with van der Waals surface area (Å²) in [6.07, 6.45) is -0.715. The predicted molar refractivity (Wildman–Crippen MR) is 95.2 cm³/mol. The molecule has 2 rings (SSSR count). The number of carboxylic acid groups (broad SMARTS) is 1. The molecular weight excluding hydrogens is 343 g/mol. The van der Waals surface area contributed by atoms with E-state index in [1.165, 1.54) is 24.3 Å². The number of aromatic carboxylic acids is 1. The Morgan fingerprint density at radius 2 is 1.80 bits per heavy atom. The van der Waals surface area contributed by atoms with Crippen LogP contribution in [0.25, 0.3) is 0 Å². The fraction of sp³-hybridized carbons (Fsp3) is 0.176. The average molecular weight is 362 g/mol. The summed E-state index contributed by atoms with van der Waals surface area (Å²) in [6, 6.07) is 14.5. The normalized spacial score (nSPS) is 14.3. The number of rotatable bonds is 7. The number of nitrogens with two attached hydrogens (primary N) is 1. The van der Waals surface area contributed by atoms with Crippen LogP contribution in [-0.2, 0) is 15.8 Å². The van der Waals surface area contributed by atoms with Crippen LogP contribution in [0.15, 0.2) is 54.6 Å². The predicted octanol–water partition coefficient (Wildman–Crippen LogP) is 1.73. The summed E-state index contributed by atoms with van der Waals surface area (Å²) < 4.78 is 12.3. The summed E-state index contributed by atoms with van der Waals surface area (Å²) in [5, 5.41) is 19.0. The Kier molecular flexibility index (Phi) is 6.09. The van der Waals surface area contributed by atoms with Crippen LogP contribution in [0.1, 0.15) is 15.9 Å². The molecule has 132 valence electrons. The molecule has 5 N–H and O–H groups in total. The molecule has 1 amide bonds. The van der Waals surface area contributed by atoms with Crippen LogP contribution < -0.4 is 11.1 Å². The van der Waals surface area contributed by atoms with E-state index in [2.05, 4.69) is 5.32 Å². The quantitative estimate of drug-likeness (QED) is 0.555. The Labute approximate surface area is 145 Å². The van der Waals surface area contributed by atoms with E-state index in [4.69, 9.17) is 10.8 Å². The van der Waals surface area contributed by atoms with Gasteiger partial charge in [-0.05, 0) is 23.8 Å². The summed E-state index contributed by atoms with van der Waals surface area (Å²) in [6.45, 7) is 0.